The summed E-state index contributed by atoms with van der Waals surface area (Å²) >= 11 is 0. The molecule has 1 N–H and O–H groups in total. The normalized spacial score (nSPS) is 21.1. The molecule has 0 atom stereocenters. The third-order valence-electron chi connectivity index (χ3n) is 2.59. The van der Waals surface area contributed by atoms with Gasteiger partial charge in [0.15, 0.2) is 5.67 Å². The number of hydrogen-bond acceptors (Lipinski definition) is 1. The van der Waals surface area contributed by atoms with Crippen molar-refractivity contribution in [2.75, 3.05) is 6.54 Å². The second kappa shape index (κ2) is 4.58. The van der Waals surface area contributed by atoms with Gasteiger partial charge in [0.2, 0.25) is 0 Å². The fourth-order valence-electron chi connectivity index (χ4n) is 1.74. The van der Waals surface area contributed by atoms with Gasteiger partial charge < -0.3 is 5.32 Å². The van der Waals surface area contributed by atoms with Crippen LogP contribution in [0.4, 0.5) is 4.39 Å². The predicted octanol–water partition coefficient (Wildman–Crippen LogP) is 2.18. The van der Waals surface area contributed by atoms with Gasteiger partial charge in [0.1, 0.15) is 0 Å². The largest absolute Gasteiger partial charge is 0.353 e. The lowest BCUT2D eigenvalue weighted by molar-refractivity contribution is -0.134. The molecular formula is C10H18FNO. The minimum absolute atomic E-state index is 0.394. The lowest BCUT2D eigenvalue weighted by Crippen LogP contribution is -2.44. The quantitative estimate of drug-likeness (QED) is 0.721. The van der Waals surface area contributed by atoms with Gasteiger partial charge in [0, 0.05) is 6.54 Å². The molecule has 0 heterocycles. The van der Waals surface area contributed by atoms with Crippen molar-refractivity contribution in [1.29, 1.82) is 0 Å². The standard InChI is InChI=1S/C10H18FNO/c1-2-8-12-9(13)10(11)6-4-3-5-7-10/h2-8H2,1H3,(H,12,13). The Bertz CT molecular complexity index is 176. The maximum absolute atomic E-state index is 13.9. The van der Waals surface area contributed by atoms with Crippen LogP contribution in [0, 0.1) is 0 Å². The molecule has 1 aliphatic rings. The van der Waals surface area contributed by atoms with Crippen molar-refractivity contribution >= 4 is 5.91 Å². The Morgan fingerprint density at radius 1 is 1.38 bits per heavy atom. The van der Waals surface area contributed by atoms with Gasteiger partial charge in [-0.3, -0.25) is 4.79 Å². The van der Waals surface area contributed by atoms with E-state index in [9.17, 15) is 9.18 Å². The number of rotatable bonds is 3. The number of amides is 1. The summed E-state index contributed by atoms with van der Waals surface area (Å²) in [5, 5.41) is 2.63. The van der Waals surface area contributed by atoms with E-state index in [1.807, 2.05) is 6.92 Å². The van der Waals surface area contributed by atoms with Gasteiger partial charge in [-0.2, -0.15) is 0 Å². The number of alkyl halides is 1. The van der Waals surface area contributed by atoms with E-state index in [-0.39, 0.29) is 0 Å². The number of nitrogens with one attached hydrogen (secondary N) is 1. The Labute approximate surface area is 78.9 Å². The average Bonchev–Trinajstić information content (AvgIpc) is 2.15. The van der Waals surface area contributed by atoms with Crippen molar-refractivity contribution in [3.63, 3.8) is 0 Å². The summed E-state index contributed by atoms with van der Waals surface area (Å²) in [6.07, 6.45) is 4.42. The molecule has 76 valence electrons. The summed E-state index contributed by atoms with van der Waals surface area (Å²) in [6, 6.07) is 0. The highest BCUT2D eigenvalue weighted by Gasteiger charge is 2.39. The second-order valence-electron chi connectivity index (χ2n) is 3.78. The van der Waals surface area contributed by atoms with Gasteiger partial charge >= 0.3 is 0 Å². The van der Waals surface area contributed by atoms with Crippen LogP contribution in [-0.2, 0) is 4.79 Å². The number of hydrogen-bond donors (Lipinski definition) is 1. The summed E-state index contributed by atoms with van der Waals surface area (Å²) < 4.78 is 13.9. The van der Waals surface area contributed by atoms with Crippen LogP contribution in [0.15, 0.2) is 0 Å². The van der Waals surface area contributed by atoms with Crippen LogP contribution in [-0.4, -0.2) is 18.1 Å². The number of carbonyl (C=O) groups is 1. The number of halogens is 1. The van der Waals surface area contributed by atoms with E-state index >= 15 is 0 Å². The Morgan fingerprint density at radius 3 is 2.54 bits per heavy atom. The maximum Gasteiger partial charge on any atom is 0.257 e. The predicted molar refractivity (Wildman–Crippen MR) is 50.2 cm³/mol. The van der Waals surface area contributed by atoms with E-state index in [0.717, 1.165) is 25.7 Å². The first-order valence-corrected chi connectivity index (χ1v) is 5.16. The first-order chi connectivity index (χ1) is 6.19. The molecule has 0 aliphatic heterocycles. The molecule has 0 radical (unpaired) electrons. The molecule has 0 saturated heterocycles. The van der Waals surface area contributed by atoms with Crippen LogP contribution >= 0.6 is 0 Å². The van der Waals surface area contributed by atoms with Crippen molar-refractivity contribution in [1.82, 2.24) is 5.32 Å². The summed E-state index contributed by atoms with van der Waals surface area (Å²) in [5.41, 5.74) is -1.56. The van der Waals surface area contributed by atoms with Crippen LogP contribution in [0.25, 0.3) is 0 Å². The fraction of sp³-hybridized carbons (Fsp3) is 0.900. The second-order valence-corrected chi connectivity index (χ2v) is 3.78. The van der Waals surface area contributed by atoms with Crippen LogP contribution < -0.4 is 5.32 Å². The van der Waals surface area contributed by atoms with Gasteiger partial charge in [-0.25, -0.2) is 4.39 Å². The minimum Gasteiger partial charge on any atom is -0.353 e. The molecule has 0 bridgehead atoms. The van der Waals surface area contributed by atoms with Crippen molar-refractivity contribution in [3.8, 4) is 0 Å². The van der Waals surface area contributed by atoms with Crippen molar-refractivity contribution in [3.05, 3.63) is 0 Å². The molecular weight excluding hydrogens is 169 g/mol. The van der Waals surface area contributed by atoms with Crippen LogP contribution in [0.5, 0.6) is 0 Å². The summed E-state index contributed by atoms with van der Waals surface area (Å²) in [7, 11) is 0. The van der Waals surface area contributed by atoms with Crippen molar-refractivity contribution < 1.29 is 9.18 Å². The van der Waals surface area contributed by atoms with E-state index in [1.165, 1.54) is 0 Å². The molecule has 1 fully saturated rings. The molecule has 1 amide bonds. The zero-order valence-corrected chi connectivity index (χ0v) is 8.24. The molecule has 0 spiro atoms. The third-order valence-corrected chi connectivity index (χ3v) is 2.59. The Hall–Kier alpha value is -0.600. The summed E-state index contributed by atoms with van der Waals surface area (Å²) in [6.45, 7) is 2.55. The highest BCUT2D eigenvalue weighted by Crippen LogP contribution is 2.31. The van der Waals surface area contributed by atoms with Gasteiger partial charge in [0.05, 0.1) is 0 Å². The molecule has 1 rings (SSSR count). The first kappa shape index (κ1) is 10.5. The lowest BCUT2D eigenvalue weighted by Gasteiger charge is -2.27. The molecule has 1 aliphatic carbocycles. The zero-order valence-electron chi connectivity index (χ0n) is 8.24. The maximum atomic E-state index is 13.9. The Balaban J connectivity index is 2.42. The molecule has 0 aromatic rings. The van der Waals surface area contributed by atoms with E-state index in [4.69, 9.17) is 0 Å². The average molecular weight is 187 g/mol. The van der Waals surface area contributed by atoms with E-state index < -0.39 is 11.6 Å². The van der Waals surface area contributed by atoms with Gasteiger partial charge in [-0.05, 0) is 32.1 Å². The first-order valence-electron chi connectivity index (χ1n) is 5.16. The highest BCUT2D eigenvalue weighted by atomic mass is 19.1. The van der Waals surface area contributed by atoms with E-state index in [1.54, 1.807) is 0 Å². The van der Waals surface area contributed by atoms with Gasteiger partial charge in [-0.1, -0.05) is 13.3 Å². The van der Waals surface area contributed by atoms with Crippen molar-refractivity contribution in [2.45, 2.75) is 51.1 Å². The molecule has 2 nitrogen and oxygen atoms in total. The highest BCUT2D eigenvalue weighted by molar-refractivity contribution is 5.85. The van der Waals surface area contributed by atoms with Crippen LogP contribution in [0.2, 0.25) is 0 Å². The number of carbonyl (C=O) groups excluding carboxylic acids is 1. The van der Waals surface area contributed by atoms with Crippen LogP contribution in [0.1, 0.15) is 45.4 Å². The van der Waals surface area contributed by atoms with Crippen molar-refractivity contribution in [2.24, 2.45) is 0 Å². The SMILES string of the molecule is CCCNC(=O)C1(F)CCCCC1. The van der Waals surface area contributed by atoms with Crippen LogP contribution in [0.3, 0.4) is 0 Å². The monoisotopic (exact) mass is 187 g/mol. The lowest BCUT2D eigenvalue weighted by atomic mass is 9.86. The zero-order chi connectivity index (χ0) is 9.73. The molecule has 0 unspecified atom stereocenters. The topological polar surface area (TPSA) is 29.1 Å². The molecule has 13 heavy (non-hydrogen) atoms. The molecule has 0 aromatic carbocycles. The molecule has 3 heteroatoms. The third kappa shape index (κ3) is 2.68. The molecule has 1 saturated carbocycles. The fourth-order valence-corrected chi connectivity index (χ4v) is 1.74. The summed E-state index contributed by atoms with van der Waals surface area (Å²) in [4.78, 5) is 11.4. The molecule has 0 aromatic heterocycles. The van der Waals surface area contributed by atoms with E-state index in [2.05, 4.69) is 5.32 Å². The minimum atomic E-state index is -1.56. The smallest absolute Gasteiger partial charge is 0.257 e. The van der Waals surface area contributed by atoms with E-state index in [0.29, 0.717) is 19.4 Å². The summed E-state index contributed by atoms with van der Waals surface area (Å²) in [5.74, 6) is -0.394. The Morgan fingerprint density at radius 2 is 2.00 bits per heavy atom. The van der Waals surface area contributed by atoms with Gasteiger partial charge in [-0.15, -0.1) is 0 Å². The van der Waals surface area contributed by atoms with Gasteiger partial charge in [0.25, 0.3) is 5.91 Å². The Kier molecular flexibility index (Phi) is 3.70.